The van der Waals surface area contributed by atoms with E-state index in [1.165, 1.54) is 83.5 Å². The van der Waals surface area contributed by atoms with Gasteiger partial charge in [-0.05, 0) is 12.0 Å². The number of hydrogen-bond donors (Lipinski definition) is 0. The molecular weight excluding hydrogens is 322 g/mol. The van der Waals surface area contributed by atoms with Crippen LogP contribution in [-0.2, 0) is 6.42 Å². The van der Waals surface area contributed by atoms with Gasteiger partial charge in [0.15, 0.2) is 0 Å². The first-order valence-corrected chi connectivity index (χ1v) is 12.3. The molecule has 0 radical (unpaired) electrons. The Morgan fingerprint density at radius 1 is 0.667 bits per heavy atom. The number of hydrogen-bond acceptors (Lipinski definition) is 0. The van der Waals surface area contributed by atoms with Crippen molar-refractivity contribution in [3.8, 4) is 0 Å². The second-order valence-corrected chi connectivity index (χ2v) is 11.0. The van der Waals surface area contributed by atoms with Gasteiger partial charge < -0.3 is 0 Å². The van der Waals surface area contributed by atoms with Gasteiger partial charge in [0, 0.05) is 0 Å². The molecule has 4 heterocycles. The Bertz CT molecular complexity index is 550. The first kappa shape index (κ1) is 18.4. The summed E-state index contributed by atoms with van der Waals surface area (Å²) in [6, 6.07) is 11.6. The minimum absolute atomic E-state index is 0.535. The van der Waals surface area contributed by atoms with Gasteiger partial charge >= 0.3 is 0 Å². The third-order valence-corrected chi connectivity index (χ3v) is 9.58. The van der Waals surface area contributed by atoms with E-state index in [1.54, 1.807) is 5.56 Å². The van der Waals surface area contributed by atoms with E-state index in [-0.39, 0.29) is 0 Å². The van der Waals surface area contributed by atoms with E-state index in [2.05, 4.69) is 37.3 Å². The molecule has 5 rings (SSSR count). The molecule has 4 fully saturated rings. The van der Waals surface area contributed by atoms with E-state index in [0.29, 0.717) is 5.21 Å². The first-order valence-electron chi connectivity index (χ1n) is 12.3. The predicted octanol–water partition coefficient (Wildman–Crippen LogP) is 7.73. The highest BCUT2D eigenvalue weighted by atomic mass is 14.4. The first-order chi connectivity index (χ1) is 13.3. The van der Waals surface area contributed by atoms with Crippen molar-refractivity contribution in [3.05, 3.63) is 35.9 Å². The second-order valence-electron chi connectivity index (χ2n) is 11.0. The molecule has 0 spiro atoms. The third-order valence-electron chi connectivity index (χ3n) is 9.58. The summed E-state index contributed by atoms with van der Waals surface area (Å²) in [5, 5.41) is 0.535. The maximum absolute atomic E-state index is 2.79. The smallest absolute Gasteiger partial charge is 0.0724 e. The van der Waals surface area contributed by atoms with E-state index < -0.39 is 0 Å². The molecule has 0 atom stereocenters. The van der Waals surface area contributed by atoms with Crippen molar-refractivity contribution in [2.24, 2.45) is 0 Å². The van der Waals surface area contributed by atoms with Gasteiger partial charge in [0.05, 0.1) is 0 Å². The summed E-state index contributed by atoms with van der Waals surface area (Å²) in [4.78, 5) is 0. The standard InChI is InChI=1S/C25H38B2/c1-25(19-20-9-3-2-4-10-20,26-21-11-5-12-22(26)14-6-13-21)27-23-15-7-16-24(27)18-8-17-23/h2-4,9-10,21-24H,5-8,11-19H2,1H3. The van der Waals surface area contributed by atoms with E-state index >= 15 is 0 Å². The average Bonchev–Trinajstić information content (AvgIpc) is 2.67. The lowest BCUT2D eigenvalue weighted by Crippen LogP contribution is -2.56. The van der Waals surface area contributed by atoms with Crippen molar-refractivity contribution in [2.75, 3.05) is 0 Å². The van der Waals surface area contributed by atoms with Crippen LogP contribution in [0.15, 0.2) is 30.3 Å². The van der Waals surface area contributed by atoms with Gasteiger partial charge in [0.1, 0.15) is 13.4 Å². The minimum atomic E-state index is 0.535. The van der Waals surface area contributed by atoms with Crippen LogP contribution in [0.4, 0.5) is 0 Å². The van der Waals surface area contributed by atoms with Crippen LogP contribution in [-0.4, -0.2) is 13.4 Å². The highest BCUT2D eigenvalue weighted by Gasteiger charge is 2.58. The molecule has 0 saturated carbocycles. The zero-order chi connectivity index (χ0) is 18.3. The summed E-state index contributed by atoms with van der Waals surface area (Å²) < 4.78 is 0. The number of rotatable bonds is 4. The Kier molecular flexibility index (Phi) is 5.20. The van der Waals surface area contributed by atoms with E-state index in [1.807, 2.05) is 0 Å². The minimum Gasteiger partial charge on any atom is -0.0724 e. The van der Waals surface area contributed by atoms with Crippen LogP contribution in [0.5, 0.6) is 0 Å². The van der Waals surface area contributed by atoms with Crippen molar-refractivity contribution in [1.82, 2.24) is 0 Å². The predicted molar refractivity (Wildman–Crippen MR) is 120 cm³/mol. The van der Waals surface area contributed by atoms with Crippen LogP contribution in [0.2, 0.25) is 28.5 Å². The summed E-state index contributed by atoms with van der Waals surface area (Å²) in [7, 11) is 0. The van der Waals surface area contributed by atoms with Gasteiger partial charge in [-0.25, -0.2) is 0 Å². The summed E-state index contributed by atoms with van der Waals surface area (Å²) in [5.41, 5.74) is 1.62. The van der Waals surface area contributed by atoms with Crippen LogP contribution >= 0.6 is 0 Å². The summed E-state index contributed by atoms with van der Waals surface area (Å²) in [6.45, 7) is 4.81. The van der Waals surface area contributed by atoms with Crippen LogP contribution in [0.1, 0.15) is 89.5 Å². The molecule has 0 nitrogen and oxygen atoms in total. The molecule has 0 amide bonds. The van der Waals surface area contributed by atoms with Crippen LogP contribution < -0.4 is 0 Å². The summed E-state index contributed by atoms with van der Waals surface area (Å²) >= 11 is 0. The maximum Gasteiger partial charge on any atom is 0.145 e. The van der Waals surface area contributed by atoms with Crippen LogP contribution in [0.25, 0.3) is 0 Å². The monoisotopic (exact) mass is 360 g/mol. The molecule has 0 N–H and O–H groups in total. The molecule has 1 aromatic rings. The second kappa shape index (κ2) is 7.64. The zero-order valence-electron chi connectivity index (χ0n) is 17.5. The summed E-state index contributed by atoms with van der Waals surface area (Å²) in [5.74, 6) is 4.14. The number of fused-ring (bicyclic) bond motifs is 4. The molecule has 1 aromatic carbocycles. The summed E-state index contributed by atoms with van der Waals surface area (Å²) in [6.07, 6.45) is 19.7. The van der Waals surface area contributed by atoms with E-state index in [0.717, 1.165) is 36.7 Å². The highest BCUT2D eigenvalue weighted by Crippen LogP contribution is 2.63. The molecule has 144 valence electrons. The van der Waals surface area contributed by atoms with Crippen molar-refractivity contribution < 1.29 is 0 Å². The SMILES string of the molecule is CC(Cc1ccccc1)(B1C2CCCC1CCC2)B1C2CCCC1CCC2. The fourth-order valence-electron chi connectivity index (χ4n) is 9.00. The van der Waals surface area contributed by atoms with Crippen LogP contribution in [0.3, 0.4) is 0 Å². The normalized spacial score (nSPS) is 35.6. The Balaban J connectivity index is 1.55. The van der Waals surface area contributed by atoms with Crippen molar-refractivity contribution >= 4 is 13.4 Å². The molecule has 0 aliphatic carbocycles. The van der Waals surface area contributed by atoms with Gasteiger partial charge in [-0.1, -0.05) is 143 Å². The molecule has 4 saturated heterocycles. The number of benzene rings is 1. The quantitative estimate of drug-likeness (QED) is 0.482. The lowest BCUT2D eigenvalue weighted by Gasteiger charge is -2.57. The van der Waals surface area contributed by atoms with Crippen LogP contribution in [0, 0.1) is 0 Å². The molecular formula is C25H38B2. The molecule has 0 unspecified atom stereocenters. The topological polar surface area (TPSA) is 0 Å². The maximum atomic E-state index is 2.79. The molecule has 4 aliphatic rings. The molecule has 2 heteroatoms. The largest absolute Gasteiger partial charge is 0.145 e. The van der Waals surface area contributed by atoms with E-state index in [4.69, 9.17) is 0 Å². The average molecular weight is 360 g/mol. The van der Waals surface area contributed by atoms with Gasteiger partial charge in [-0.2, -0.15) is 0 Å². The highest BCUT2D eigenvalue weighted by molar-refractivity contribution is 6.85. The molecule has 4 bridgehead atoms. The molecule has 0 aromatic heterocycles. The molecule has 4 aliphatic heterocycles. The van der Waals surface area contributed by atoms with Gasteiger partial charge in [-0.15, -0.1) is 0 Å². The fraction of sp³-hybridized carbons (Fsp3) is 0.760. The zero-order valence-corrected chi connectivity index (χ0v) is 17.5. The Morgan fingerprint density at radius 3 is 1.41 bits per heavy atom. The lowest BCUT2D eigenvalue weighted by atomic mass is 9.01. The van der Waals surface area contributed by atoms with Gasteiger partial charge in [0.25, 0.3) is 0 Å². The fourth-order valence-corrected chi connectivity index (χ4v) is 9.00. The Labute approximate surface area is 168 Å². The van der Waals surface area contributed by atoms with Gasteiger partial charge in [0.2, 0.25) is 0 Å². The van der Waals surface area contributed by atoms with Crippen molar-refractivity contribution in [1.29, 1.82) is 0 Å². The van der Waals surface area contributed by atoms with Crippen molar-refractivity contribution in [3.63, 3.8) is 0 Å². The van der Waals surface area contributed by atoms with Gasteiger partial charge in [-0.3, -0.25) is 0 Å². The Morgan fingerprint density at radius 2 is 1.04 bits per heavy atom. The Hall–Kier alpha value is -0.650. The third kappa shape index (κ3) is 3.34. The lowest BCUT2D eigenvalue weighted by molar-refractivity contribution is 0.407. The molecule has 27 heavy (non-hydrogen) atoms. The van der Waals surface area contributed by atoms with E-state index in [9.17, 15) is 0 Å². The van der Waals surface area contributed by atoms with Crippen molar-refractivity contribution in [2.45, 2.75) is 119 Å².